The van der Waals surface area contributed by atoms with Crippen molar-refractivity contribution in [2.24, 2.45) is 0 Å². The van der Waals surface area contributed by atoms with Crippen molar-refractivity contribution in [3.05, 3.63) is 59.4 Å². The minimum atomic E-state index is -0.936. The number of methoxy groups -OCH3 is 1. The summed E-state index contributed by atoms with van der Waals surface area (Å²) in [5.41, 5.74) is 1.13. The van der Waals surface area contributed by atoms with E-state index in [-0.39, 0.29) is 18.8 Å². The van der Waals surface area contributed by atoms with E-state index in [1.165, 1.54) is 25.3 Å². The summed E-state index contributed by atoms with van der Waals surface area (Å²) in [4.78, 5) is 10.8. The lowest BCUT2D eigenvalue weighted by molar-refractivity contribution is -0.136. The van der Waals surface area contributed by atoms with E-state index in [0.717, 1.165) is 0 Å². The molecule has 5 heteroatoms. The fourth-order valence-electron chi connectivity index (χ4n) is 1.97. The number of ether oxygens (including phenoxy) is 2. The third-order valence-corrected chi connectivity index (χ3v) is 2.94. The zero-order chi connectivity index (χ0) is 15.2. The van der Waals surface area contributed by atoms with Gasteiger partial charge in [0.2, 0.25) is 0 Å². The van der Waals surface area contributed by atoms with Gasteiger partial charge in [0.1, 0.15) is 23.9 Å². The average Bonchev–Trinajstić information content (AvgIpc) is 2.46. The Hall–Kier alpha value is -2.56. The van der Waals surface area contributed by atoms with Crippen LogP contribution in [0.3, 0.4) is 0 Å². The zero-order valence-electron chi connectivity index (χ0n) is 11.5. The highest BCUT2D eigenvalue weighted by atomic mass is 19.1. The first-order valence-electron chi connectivity index (χ1n) is 6.35. The fraction of sp³-hybridized carbons (Fsp3) is 0.188. The molecule has 0 aliphatic heterocycles. The molecule has 0 aliphatic carbocycles. The number of para-hydroxylation sites is 1. The molecule has 1 N–H and O–H groups in total. The molecule has 0 heterocycles. The van der Waals surface area contributed by atoms with Crippen molar-refractivity contribution in [1.29, 1.82) is 0 Å². The molecule has 0 atom stereocenters. The molecular weight excluding hydrogens is 275 g/mol. The maximum atomic E-state index is 13.3. The van der Waals surface area contributed by atoms with Crippen LogP contribution in [-0.2, 0) is 17.8 Å². The van der Waals surface area contributed by atoms with Gasteiger partial charge in [-0.15, -0.1) is 0 Å². The van der Waals surface area contributed by atoms with Crippen LogP contribution in [0, 0.1) is 5.82 Å². The Bertz CT molecular complexity index is 640. The van der Waals surface area contributed by atoms with Gasteiger partial charge in [-0.3, -0.25) is 4.79 Å². The van der Waals surface area contributed by atoms with E-state index in [0.29, 0.717) is 22.6 Å². The summed E-state index contributed by atoms with van der Waals surface area (Å²) in [6.45, 7) is 0.0948. The molecule has 0 saturated carbocycles. The summed E-state index contributed by atoms with van der Waals surface area (Å²) >= 11 is 0. The van der Waals surface area contributed by atoms with Crippen molar-refractivity contribution in [1.82, 2.24) is 0 Å². The first-order valence-corrected chi connectivity index (χ1v) is 6.35. The third-order valence-electron chi connectivity index (χ3n) is 2.94. The van der Waals surface area contributed by atoms with Crippen molar-refractivity contribution in [3.8, 4) is 11.5 Å². The van der Waals surface area contributed by atoms with Crippen molar-refractivity contribution in [3.63, 3.8) is 0 Å². The monoisotopic (exact) mass is 290 g/mol. The van der Waals surface area contributed by atoms with Crippen molar-refractivity contribution < 1.29 is 23.8 Å². The molecule has 0 fully saturated rings. The van der Waals surface area contributed by atoms with Gasteiger partial charge < -0.3 is 14.6 Å². The highest BCUT2D eigenvalue weighted by Gasteiger charge is 2.10. The maximum absolute atomic E-state index is 13.3. The molecule has 0 amide bonds. The van der Waals surface area contributed by atoms with Crippen LogP contribution in [0.5, 0.6) is 11.5 Å². The molecule has 0 bridgehead atoms. The quantitative estimate of drug-likeness (QED) is 0.888. The predicted octanol–water partition coefficient (Wildman–Crippen LogP) is 3.04. The standard InChI is InChI=1S/C16H15FO4/c1-20-14-7-6-13(17)8-12(14)10-21-15-5-3-2-4-11(15)9-16(18)19/h2-8H,9-10H2,1H3,(H,18,19). The third kappa shape index (κ3) is 3.95. The summed E-state index contributed by atoms with van der Waals surface area (Å²) in [5, 5.41) is 8.87. The molecule has 0 aromatic heterocycles. The molecular formula is C16H15FO4. The normalized spacial score (nSPS) is 10.2. The van der Waals surface area contributed by atoms with Gasteiger partial charge in [-0.1, -0.05) is 18.2 Å². The molecule has 2 rings (SSSR count). The van der Waals surface area contributed by atoms with Crippen LogP contribution in [0.25, 0.3) is 0 Å². The number of carboxylic acid groups (broad SMARTS) is 1. The first kappa shape index (κ1) is 14.8. The van der Waals surface area contributed by atoms with Crippen LogP contribution in [0.1, 0.15) is 11.1 Å². The molecule has 21 heavy (non-hydrogen) atoms. The molecule has 0 unspecified atom stereocenters. The number of benzene rings is 2. The number of carbonyl (C=O) groups is 1. The van der Waals surface area contributed by atoms with Gasteiger partial charge in [-0.05, 0) is 24.3 Å². The second-order valence-corrected chi connectivity index (χ2v) is 4.42. The molecule has 2 aromatic rings. The van der Waals surface area contributed by atoms with Gasteiger partial charge in [0.05, 0.1) is 13.5 Å². The van der Waals surface area contributed by atoms with E-state index in [2.05, 4.69) is 0 Å². The van der Waals surface area contributed by atoms with E-state index in [4.69, 9.17) is 14.6 Å². The number of rotatable bonds is 6. The first-order chi connectivity index (χ1) is 10.1. The van der Waals surface area contributed by atoms with Crippen LogP contribution in [0.15, 0.2) is 42.5 Å². The smallest absolute Gasteiger partial charge is 0.307 e. The van der Waals surface area contributed by atoms with E-state index < -0.39 is 5.97 Å². The number of halogens is 1. The number of hydrogen-bond donors (Lipinski definition) is 1. The lowest BCUT2D eigenvalue weighted by Gasteiger charge is -2.12. The summed E-state index contributed by atoms with van der Waals surface area (Å²) in [6, 6.07) is 11.0. The van der Waals surface area contributed by atoms with Gasteiger partial charge in [-0.2, -0.15) is 0 Å². The van der Waals surface area contributed by atoms with E-state index in [1.54, 1.807) is 24.3 Å². The Labute approximate surface area is 121 Å². The van der Waals surface area contributed by atoms with Crippen LogP contribution >= 0.6 is 0 Å². The lowest BCUT2D eigenvalue weighted by Crippen LogP contribution is -2.05. The highest BCUT2D eigenvalue weighted by Crippen LogP contribution is 2.24. The molecule has 0 aliphatic rings. The number of carboxylic acids is 1. The van der Waals surface area contributed by atoms with Crippen molar-refractivity contribution in [2.45, 2.75) is 13.0 Å². The van der Waals surface area contributed by atoms with Gasteiger partial charge >= 0.3 is 5.97 Å². The van der Waals surface area contributed by atoms with Gasteiger partial charge in [0.25, 0.3) is 0 Å². The van der Waals surface area contributed by atoms with E-state index >= 15 is 0 Å². The van der Waals surface area contributed by atoms with Crippen LogP contribution in [0.2, 0.25) is 0 Å². The van der Waals surface area contributed by atoms with Crippen LogP contribution < -0.4 is 9.47 Å². The van der Waals surface area contributed by atoms with E-state index in [1.807, 2.05) is 0 Å². The second kappa shape index (κ2) is 6.74. The topological polar surface area (TPSA) is 55.8 Å². The van der Waals surface area contributed by atoms with Crippen molar-refractivity contribution >= 4 is 5.97 Å². The Balaban J connectivity index is 2.17. The Morgan fingerprint density at radius 3 is 2.62 bits per heavy atom. The van der Waals surface area contributed by atoms with E-state index in [9.17, 15) is 9.18 Å². The van der Waals surface area contributed by atoms with Crippen molar-refractivity contribution in [2.75, 3.05) is 7.11 Å². The van der Waals surface area contributed by atoms with Gasteiger partial charge in [0, 0.05) is 11.1 Å². The molecule has 0 saturated heterocycles. The Morgan fingerprint density at radius 1 is 1.14 bits per heavy atom. The Morgan fingerprint density at radius 2 is 1.90 bits per heavy atom. The highest BCUT2D eigenvalue weighted by molar-refractivity contribution is 5.71. The van der Waals surface area contributed by atoms with Crippen LogP contribution in [0.4, 0.5) is 4.39 Å². The Kier molecular flexibility index (Phi) is 4.77. The molecule has 0 radical (unpaired) electrons. The number of aliphatic carboxylic acids is 1. The zero-order valence-corrected chi connectivity index (χ0v) is 11.5. The predicted molar refractivity (Wildman–Crippen MR) is 75.1 cm³/mol. The summed E-state index contributed by atoms with van der Waals surface area (Å²) in [5.74, 6) is -0.332. The average molecular weight is 290 g/mol. The summed E-state index contributed by atoms with van der Waals surface area (Å²) in [7, 11) is 1.50. The largest absolute Gasteiger partial charge is 0.496 e. The summed E-state index contributed by atoms with van der Waals surface area (Å²) in [6.07, 6.45) is -0.129. The SMILES string of the molecule is COc1ccc(F)cc1COc1ccccc1CC(=O)O. The fourth-order valence-corrected chi connectivity index (χ4v) is 1.97. The maximum Gasteiger partial charge on any atom is 0.307 e. The number of hydrogen-bond acceptors (Lipinski definition) is 3. The second-order valence-electron chi connectivity index (χ2n) is 4.42. The minimum absolute atomic E-state index is 0.0948. The minimum Gasteiger partial charge on any atom is -0.496 e. The van der Waals surface area contributed by atoms with Gasteiger partial charge in [-0.25, -0.2) is 4.39 Å². The lowest BCUT2D eigenvalue weighted by atomic mass is 10.1. The summed E-state index contributed by atoms with van der Waals surface area (Å²) < 4.78 is 24.0. The molecule has 110 valence electrons. The molecule has 2 aromatic carbocycles. The van der Waals surface area contributed by atoms with Crippen LogP contribution in [-0.4, -0.2) is 18.2 Å². The molecule has 4 nitrogen and oxygen atoms in total. The van der Waals surface area contributed by atoms with Gasteiger partial charge in [0.15, 0.2) is 0 Å². The molecule has 0 spiro atoms.